The molecule has 1 saturated heterocycles. The predicted molar refractivity (Wildman–Crippen MR) is 94.8 cm³/mol. The van der Waals surface area contributed by atoms with Gasteiger partial charge in [0.05, 0.1) is 18.9 Å². The number of anilines is 2. The maximum absolute atomic E-state index is 13.9. The number of ether oxygens (including phenoxy) is 1. The Bertz CT molecular complexity index is 776. The van der Waals surface area contributed by atoms with Gasteiger partial charge in [-0.25, -0.2) is 9.37 Å². The minimum absolute atomic E-state index is 0.163. The molecule has 2 aromatic rings. The van der Waals surface area contributed by atoms with E-state index in [1.165, 1.54) is 12.1 Å². The summed E-state index contributed by atoms with van der Waals surface area (Å²) < 4.78 is 19.2. The Balaban J connectivity index is 1.91. The smallest absolute Gasteiger partial charge is 0.129 e. The maximum Gasteiger partial charge on any atom is 0.129 e. The van der Waals surface area contributed by atoms with Gasteiger partial charge in [-0.05, 0) is 36.2 Å². The van der Waals surface area contributed by atoms with Crippen LogP contribution in [0.25, 0.3) is 0 Å². The lowest BCUT2D eigenvalue weighted by atomic mass is 9.98. The number of aromatic nitrogens is 1. The molecule has 132 valence electrons. The molecule has 1 fully saturated rings. The van der Waals surface area contributed by atoms with Crippen molar-refractivity contribution in [3.05, 3.63) is 53.0 Å². The first-order valence-electron chi connectivity index (χ1n) is 8.17. The zero-order valence-electron chi connectivity index (χ0n) is 13.8. The molecule has 25 heavy (non-hydrogen) atoms. The zero-order chi connectivity index (χ0) is 17.8. The maximum atomic E-state index is 13.9. The topological polar surface area (TPSA) is 95.5 Å². The van der Waals surface area contributed by atoms with Gasteiger partial charge in [0.1, 0.15) is 11.6 Å². The molecule has 6 nitrogen and oxygen atoms in total. The molecule has 0 saturated carbocycles. The summed E-state index contributed by atoms with van der Waals surface area (Å²) in [4.78, 5) is 6.47. The molecule has 0 unspecified atom stereocenters. The molecule has 1 aliphatic rings. The second-order valence-corrected chi connectivity index (χ2v) is 5.88. The number of nitrogens with two attached hydrogens (primary N) is 1. The van der Waals surface area contributed by atoms with Gasteiger partial charge >= 0.3 is 0 Å². The molecule has 0 radical (unpaired) electrons. The summed E-state index contributed by atoms with van der Waals surface area (Å²) in [5.74, 6) is 0.314. The Morgan fingerprint density at radius 3 is 2.80 bits per heavy atom. The summed E-state index contributed by atoms with van der Waals surface area (Å²) in [6, 6.07) is 6.32. The lowest BCUT2D eigenvalue weighted by Gasteiger charge is -2.28. The van der Waals surface area contributed by atoms with Crippen molar-refractivity contribution in [3.8, 4) is 0 Å². The van der Waals surface area contributed by atoms with Gasteiger partial charge in [0, 0.05) is 42.7 Å². The van der Waals surface area contributed by atoms with Crippen molar-refractivity contribution in [2.75, 3.05) is 43.5 Å². The molecule has 0 spiro atoms. The molecule has 1 aromatic heterocycles. The SMILES string of the molecule is N=C(c1ccnc(N2CCOCC2)c1)c1cc(CCO)c(F)cc1N. The lowest BCUT2D eigenvalue weighted by Crippen LogP contribution is -2.36. The van der Waals surface area contributed by atoms with E-state index in [9.17, 15) is 4.39 Å². The van der Waals surface area contributed by atoms with Gasteiger partial charge in [0.2, 0.25) is 0 Å². The van der Waals surface area contributed by atoms with E-state index in [0.717, 1.165) is 18.9 Å². The van der Waals surface area contributed by atoms with E-state index in [1.54, 1.807) is 12.3 Å². The summed E-state index contributed by atoms with van der Waals surface area (Å²) in [5.41, 5.74) is 7.78. The monoisotopic (exact) mass is 344 g/mol. The minimum atomic E-state index is -0.466. The average molecular weight is 344 g/mol. The van der Waals surface area contributed by atoms with E-state index >= 15 is 0 Å². The second-order valence-electron chi connectivity index (χ2n) is 5.88. The van der Waals surface area contributed by atoms with Crippen molar-refractivity contribution in [1.82, 2.24) is 4.98 Å². The van der Waals surface area contributed by atoms with Gasteiger partial charge in [0.15, 0.2) is 0 Å². The first kappa shape index (κ1) is 17.3. The number of morpholine rings is 1. The van der Waals surface area contributed by atoms with Crippen molar-refractivity contribution in [1.29, 1.82) is 5.41 Å². The van der Waals surface area contributed by atoms with Crippen LogP contribution in [0.4, 0.5) is 15.9 Å². The highest BCUT2D eigenvalue weighted by atomic mass is 19.1. The number of benzene rings is 1. The molecule has 1 aliphatic heterocycles. The van der Waals surface area contributed by atoms with Crippen LogP contribution in [0.2, 0.25) is 0 Å². The van der Waals surface area contributed by atoms with E-state index in [-0.39, 0.29) is 24.4 Å². The van der Waals surface area contributed by atoms with Crippen LogP contribution in [0, 0.1) is 11.2 Å². The number of nitrogens with one attached hydrogen (secondary N) is 1. The lowest BCUT2D eigenvalue weighted by molar-refractivity contribution is 0.122. The normalized spacial score (nSPS) is 14.6. The molecule has 1 aromatic carbocycles. The van der Waals surface area contributed by atoms with Crippen molar-refractivity contribution in [2.24, 2.45) is 0 Å². The number of hydrogen-bond donors (Lipinski definition) is 3. The second kappa shape index (κ2) is 7.58. The Morgan fingerprint density at radius 1 is 1.32 bits per heavy atom. The van der Waals surface area contributed by atoms with Crippen molar-refractivity contribution < 1.29 is 14.2 Å². The van der Waals surface area contributed by atoms with Crippen LogP contribution in [-0.2, 0) is 11.2 Å². The Kier molecular flexibility index (Phi) is 5.25. The quantitative estimate of drug-likeness (QED) is 0.565. The molecule has 2 heterocycles. The summed E-state index contributed by atoms with van der Waals surface area (Å²) >= 11 is 0. The molecule has 7 heteroatoms. The van der Waals surface area contributed by atoms with E-state index in [2.05, 4.69) is 9.88 Å². The van der Waals surface area contributed by atoms with Crippen LogP contribution < -0.4 is 10.6 Å². The molecule has 0 amide bonds. The molecular weight excluding hydrogens is 323 g/mol. The summed E-state index contributed by atoms with van der Waals surface area (Å²) in [6.45, 7) is 2.65. The Morgan fingerprint density at radius 2 is 2.08 bits per heavy atom. The van der Waals surface area contributed by atoms with Crippen LogP contribution in [0.1, 0.15) is 16.7 Å². The molecule has 0 aliphatic carbocycles. The Labute approximate surface area is 145 Å². The summed E-state index contributed by atoms with van der Waals surface area (Å²) in [5, 5.41) is 17.6. The first-order valence-corrected chi connectivity index (χ1v) is 8.17. The van der Waals surface area contributed by atoms with Crippen LogP contribution in [0.15, 0.2) is 30.5 Å². The van der Waals surface area contributed by atoms with E-state index in [1.807, 2.05) is 6.07 Å². The number of hydrogen-bond acceptors (Lipinski definition) is 6. The zero-order valence-corrected chi connectivity index (χ0v) is 13.8. The number of rotatable bonds is 5. The number of aliphatic hydroxyl groups excluding tert-OH is 1. The van der Waals surface area contributed by atoms with Gasteiger partial charge in [-0.2, -0.15) is 0 Å². The molecule has 4 N–H and O–H groups in total. The first-order chi connectivity index (χ1) is 12.1. The number of aliphatic hydroxyl groups is 1. The standard InChI is InChI=1S/C18H21FN4O2/c19-15-11-16(20)14(9-12(15)2-6-24)18(21)13-1-3-22-17(10-13)23-4-7-25-8-5-23/h1,3,9-11,21,24H,2,4-8,20H2. The van der Waals surface area contributed by atoms with E-state index < -0.39 is 5.82 Å². The number of nitrogen functional groups attached to an aromatic ring is 1. The van der Waals surface area contributed by atoms with Gasteiger partial charge in [-0.3, -0.25) is 5.41 Å². The fourth-order valence-corrected chi connectivity index (χ4v) is 2.86. The van der Waals surface area contributed by atoms with Gasteiger partial charge < -0.3 is 20.5 Å². The number of pyridine rings is 1. The molecule has 0 atom stereocenters. The molecule has 0 bridgehead atoms. The Hall–Kier alpha value is -2.51. The average Bonchev–Trinajstić information content (AvgIpc) is 2.64. The van der Waals surface area contributed by atoms with Crippen molar-refractivity contribution >= 4 is 17.2 Å². The third-order valence-electron chi connectivity index (χ3n) is 4.24. The van der Waals surface area contributed by atoms with Gasteiger partial charge in [0.25, 0.3) is 0 Å². The van der Waals surface area contributed by atoms with Gasteiger partial charge in [-0.15, -0.1) is 0 Å². The molecular formula is C18H21FN4O2. The van der Waals surface area contributed by atoms with Crippen LogP contribution in [0.3, 0.4) is 0 Å². The van der Waals surface area contributed by atoms with Gasteiger partial charge in [-0.1, -0.05) is 0 Å². The number of nitrogens with zero attached hydrogens (tertiary/aromatic N) is 2. The van der Waals surface area contributed by atoms with E-state index in [4.69, 9.17) is 21.0 Å². The third-order valence-corrected chi connectivity index (χ3v) is 4.24. The van der Waals surface area contributed by atoms with Crippen molar-refractivity contribution in [2.45, 2.75) is 6.42 Å². The van der Waals surface area contributed by atoms with E-state index in [0.29, 0.717) is 29.9 Å². The van der Waals surface area contributed by atoms with Crippen molar-refractivity contribution in [3.63, 3.8) is 0 Å². The van der Waals surface area contributed by atoms with Crippen LogP contribution in [0.5, 0.6) is 0 Å². The summed E-state index contributed by atoms with van der Waals surface area (Å²) in [7, 11) is 0. The third kappa shape index (κ3) is 3.78. The predicted octanol–water partition coefficient (Wildman–Crippen LogP) is 1.59. The van der Waals surface area contributed by atoms with Crippen LogP contribution >= 0.6 is 0 Å². The van der Waals surface area contributed by atoms with Crippen LogP contribution in [-0.4, -0.2) is 48.7 Å². The largest absolute Gasteiger partial charge is 0.398 e. The minimum Gasteiger partial charge on any atom is -0.398 e. The molecule has 3 rings (SSSR count). The number of halogens is 1. The highest BCUT2D eigenvalue weighted by Gasteiger charge is 2.16. The highest BCUT2D eigenvalue weighted by Crippen LogP contribution is 2.23. The highest BCUT2D eigenvalue weighted by molar-refractivity contribution is 6.14. The fourth-order valence-electron chi connectivity index (χ4n) is 2.86. The fraction of sp³-hybridized carbons (Fsp3) is 0.333. The summed E-state index contributed by atoms with van der Waals surface area (Å²) in [6.07, 6.45) is 1.84.